The predicted octanol–water partition coefficient (Wildman–Crippen LogP) is 4.82. The van der Waals surface area contributed by atoms with Crippen molar-refractivity contribution >= 4 is 11.6 Å². The van der Waals surface area contributed by atoms with E-state index in [4.69, 9.17) is 11.6 Å². The fourth-order valence-electron chi connectivity index (χ4n) is 2.47. The van der Waals surface area contributed by atoms with Gasteiger partial charge in [-0.25, -0.2) is 8.78 Å². The first kappa shape index (κ1) is 15.9. The molecule has 0 aliphatic rings. The molecule has 0 heterocycles. The summed E-state index contributed by atoms with van der Waals surface area (Å²) >= 11 is 6.15. The Labute approximate surface area is 128 Å². The minimum Gasteiger partial charge on any atom is -0.310 e. The number of nitrogens with one attached hydrogen (secondary N) is 1. The Kier molecular flexibility index (Phi) is 5.32. The molecule has 21 heavy (non-hydrogen) atoms. The first-order valence-electron chi connectivity index (χ1n) is 6.95. The van der Waals surface area contributed by atoms with Gasteiger partial charge in [0.15, 0.2) is 0 Å². The molecule has 0 aliphatic carbocycles. The highest BCUT2D eigenvalue weighted by molar-refractivity contribution is 6.31. The third-order valence-corrected chi connectivity index (χ3v) is 4.01. The molecule has 0 aromatic heterocycles. The topological polar surface area (TPSA) is 12.0 Å². The zero-order valence-corrected chi connectivity index (χ0v) is 12.8. The number of hydrogen-bond donors (Lipinski definition) is 1. The lowest BCUT2D eigenvalue weighted by Gasteiger charge is -2.21. The lowest BCUT2D eigenvalue weighted by Crippen LogP contribution is -2.24. The van der Waals surface area contributed by atoms with Crippen LogP contribution in [-0.4, -0.2) is 6.54 Å². The van der Waals surface area contributed by atoms with E-state index in [-0.39, 0.29) is 18.0 Å². The zero-order chi connectivity index (χ0) is 15.4. The molecular formula is C17H18ClF2N. The summed E-state index contributed by atoms with van der Waals surface area (Å²) in [5.41, 5.74) is 2.00. The summed E-state index contributed by atoms with van der Waals surface area (Å²) in [7, 11) is 0. The average Bonchev–Trinajstić information content (AvgIpc) is 2.45. The number of rotatable bonds is 5. The van der Waals surface area contributed by atoms with Gasteiger partial charge in [0.05, 0.1) is 0 Å². The molecule has 0 radical (unpaired) electrons. The highest BCUT2D eigenvalue weighted by Gasteiger charge is 2.19. The maximum Gasteiger partial charge on any atom is 0.129 e. The van der Waals surface area contributed by atoms with Crippen molar-refractivity contribution in [3.8, 4) is 0 Å². The van der Waals surface area contributed by atoms with E-state index >= 15 is 0 Å². The van der Waals surface area contributed by atoms with Gasteiger partial charge in [-0.2, -0.15) is 0 Å². The van der Waals surface area contributed by atoms with Gasteiger partial charge in [0.1, 0.15) is 11.6 Å². The number of hydrogen-bond acceptors (Lipinski definition) is 1. The van der Waals surface area contributed by atoms with Crippen molar-refractivity contribution in [2.45, 2.75) is 26.3 Å². The smallest absolute Gasteiger partial charge is 0.129 e. The molecule has 112 valence electrons. The quantitative estimate of drug-likeness (QED) is 0.835. The summed E-state index contributed by atoms with van der Waals surface area (Å²) in [5.74, 6) is -1.03. The van der Waals surface area contributed by atoms with Crippen molar-refractivity contribution in [1.82, 2.24) is 5.32 Å². The minimum atomic E-state index is -0.516. The van der Waals surface area contributed by atoms with Crippen molar-refractivity contribution in [3.63, 3.8) is 0 Å². The predicted molar refractivity (Wildman–Crippen MR) is 82.7 cm³/mol. The van der Waals surface area contributed by atoms with Crippen molar-refractivity contribution in [3.05, 3.63) is 69.7 Å². The van der Waals surface area contributed by atoms with E-state index in [1.165, 1.54) is 18.2 Å². The fourth-order valence-corrected chi connectivity index (χ4v) is 2.65. The summed E-state index contributed by atoms with van der Waals surface area (Å²) in [5, 5.41) is 3.93. The summed E-state index contributed by atoms with van der Waals surface area (Å²) in [6.45, 7) is 4.58. The lowest BCUT2D eigenvalue weighted by molar-refractivity contribution is 0.498. The highest BCUT2D eigenvalue weighted by Crippen LogP contribution is 2.28. The highest BCUT2D eigenvalue weighted by atomic mass is 35.5. The number of halogens is 3. The summed E-state index contributed by atoms with van der Waals surface area (Å²) < 4.78 is 27.7. The van der Waals surface area contributed by atoms with Crippen LogP contribution >= 0.6 is 11.6 Å². The molecule has 2 aromatic carbocycles. The molecule has 4 heteroatoms. The van der Waals surface area contributed by atoms with E-state index in [0.717, 1.165) is 11.1 Å². The third kappa shape index (κ3) is 3.60. The first-order chi connectivity index (χ1) is 10.0. The molecule has 0 aliphatic heterocycles. The summed E-state index contributed by atoms with van der Waals surface area (Å²) in [6, 6.07) is 9.37. The Morgan fingerprint density at radius 1 is 1.10 bits per heavy atom. The maximum atomic E-state index is 13.9. The van der Waals surface area contributed by atoms with E-state index in [9.17, 15) is 8.78 Å². The van der Waals surface area contributed by atoms with Gasteiger partial charge < -0.3 is 5.32 Å². The van der Waals surface area contributed by atoms with Gasteiger partial charge in [-0.3, -0.25) is 0 Å². The summed E-state index contributed by atoms with van der Waals surface area (Å²) in [4.78, 5) is 0. The van der Waals surface area contributed by atoms with Crippen LogP contribution in [0.3, 0.4) is 0 Å². The monoisotopic (exact) mass is 309 g/mol. The van der Waals surface area contributed by atoms with Crippen LogP contribution in [-0.2, 0) is 6.42 Å². The minimum absolute atomic E-state index is 0.0998. The molecule has 1 atom stereocenters. The lowest BCUT2D eigenvalue weighted by atomic mass is 9.94. The van der Waals surface area contributed by atoms with Gasteiger partial charge in [0.2, 0.25) is 0 Å². The van der Waals surface area contributed by atoms with Crippen LogP contribution in [0.5, 0.6) is 0 Å². The Bertz CT molecular complexity index is 608. The van der Waals surface area contributed by atoms with Crippen LogP contribution in [0.4, 0.5) is 8.78 Å². The number of benzene rings is 2. The molecular weight excluding hydrogens is 292 g/mol. The van der Waals surface area contributed by atoms with Crippen molar-refractivity contribution in [1.29, 1.82) is 0 Å². The molecule has 0 fully saturated rings. The fraction of sp³-hybridized carbons (Fsp3) is 0.294. The Balaban J connectivity index is 2.38. The average molecular weight is 310 g/mol. The van der Waals surface area contributed by atoms with Crippen LogP contribution in [0.1, 0.15) is 29.7 Å². The molecule has 1 nitrogen and oxygen atoms in total. The largest absolute Gasteiger partial charge is 0.310 e. The second kappa shape index (κ2) is 7.01. The molecule has 0 bridgehead atoms. The van der Waals surface area contributed by atoms with E-state index in [1.54, 1.807) is 0 Å². The Morgan fingerprint density at radius 2 is 1.71 bits per heavy atom. The molecule has 2 aromatic rings. The summed E-state index contributed by atoms with van der Waals surface area (Å²) in [6.07, 6.45) is 0.244. The molecule has 0 saturated carbocycles. The van der Waals surface area contributed by atoms with Crippen LogP contribution in [0, 0.1) is 18.6 Å². The van der Waals surface area contributed by atoms with Gasteiger partial charge >= 0.3 is 0 Å². The normalized spacial score (nSPS) is 12.4. The molecule has 2 rings (SSSR count). The molecule has 0 amide bonds. The molecule has 0 saturated heterocycles. The zero-order valence-electron chi connectivity index (χ0n) is 12.1. The molecule has 1 N–H and O–H groups in total. The third-order valence-electron chi connectivity index (χ3n) is 3.61. The molecule has 0 spiro atoms. The van der Waals surface area contributed by atoms with Crippen LogP contribution in [0.25, 0.3) is 0 Å². The van der Waals surface area contributed by atoms with Gasteiger partial charge in [-0.1, -0.05) is 36.7 Å². The van der Waals surface area contributed by atoms with Gasteiger partial charge in [0.25, 0.3) is 0 Å². The second-order valence-corrected chi connectivity index (χ2v) is 5.38. The second-order valence-electron chi connectivity index (χ2n) is 4.97. The Morgan fingerprint density at radius 3 is 2.33 bits per heavy atom. The first-order valence-corrected chi connectivity index (χ1v) is 7.33. The van der Waals surface area contributed by atoms with Crippen LogP contribution in [0.2, 0.25) is 5.02 Å². The standard InChI is InChI=1S/C17H18ClF2N/c1-3-21-17(12-6-4-7-14(18)11(12)2)10-13-15(19)8-5-9-16(13)20/h4-9,17,21H,3,10H2,1-2H3. The van der Waals surface area contributed by atoms with Crippen molar-refractivity contribution < 1.29 is 8.78 Å². The van der Waals surface area contributed by atoms with E-state index in [1.807, 2.05) is 32.0 Å². The maximum absolute atomic E-state index is 13.9. The van der Waals surface area contributed by atoms with Crippen LogP contribution < -0.4 is 5.32 Å². The van der Waals surface area contributed by atoms with Gasteiger partial charge in [0, 0.05) is 16.6 Å². The van der Waals surface area contributed by atoms with Gasteiger partial charge in [-0.15, -0.1) is 0 Å². The van der Waals surface area contributed by atoms with Crippen LogP contribution in [0.15, 0.2) is 36.4 Å². The van der Waals surface area contributed by atoms with E-state index < -0.39 is 11.6 Å². The van der Waals surface area contributed by atoms with Crippen molar-refractivity contribution in [2.24, 2.45) is 0 Å². The van der Waals surface area contributed by atoms with E-state index in [0.29, 0.717) is 11.6 Å². The number of likely N-dealkylation sites (N-methyl/N-ethyl adjacent to an activating group) is 1. The van der Waals surface area contributed by atoms with Crippen molar-refractivity contribution in [2.75, 3.05) is 6.54 Å². The Hall–Kier alpha value is -1.45. The van der Waals surface area contributed by atoms with E-state index in [2.05, 4.69) is 5.32 Å². The van der Waals surface area contributed by atoms with Gasteiger partial charge in [-0.05, 0) is 49.2 Å². The SMILES string of the molecule is CCNC(Cc1c(F)cccc1F)c1cccc(Cl)c1C. The molecule has 1 unspecified atom stereocenters.